The van der Waals surface area contributed by atoms with Crippen molar-refractivity contribution >= 4 is 5.91 Å². The van der Waals surface area contributed by atoms with Gasteiger partial charge in [-0.15, -0.1) is 0 Å². The minimum Gasteiger partial charge on any atom is -0.337 e. The van der Waals surface area contributed by atoms with Crippen molar-refractivity contribution in [2.45, 2.75) is 45.6 Å². The van der Waals surface area contributed by atoms with Crippen LogP contribution in [0.5, 0.6) is 0 Å². The number of carbonyl (C=O) groups is 1. The Morgan fingerprint density at radius 3 is 2.96 bits per heavy atom. The number of fused-ring (bicyclic) bond motifs is 1. The molecule has 3 rings (SSSR count). The second-order valence-electron chi connectivity index (χ2n) is 6.77. The molecule has 0 aliphatic carbocycles. The highest BCUT2D eigenvalue weighted by Gasteiger charge is 2.25. The van der Waals surface area contributed by atoms with E-state index in [1.807, 2.05) is 11.1 Å². The zero-order chi connectivity index (χ0) is 16.9. The van der Waals surface area contributed by atoms with E-state index in [4.69, 9.17) is 4.98 Å². The molecule has 0 radical (unpaired) electrons. The molecule has 0 saturated carbocycles. The van der Waals surface area contributed by atoms with Gasteiger partial charge in [-0.1, -0.05) is 13.8 Å². The molecule has 2 aliphatic rings. The number of hydrogen-bond acceptors (Lipinski definition) is 5. The SMILES string of the molecule is CCN(CC)CC(=O)N1CCc2nc([C@@H]3CCCNC3)ncc2C1. The van der Waals surface area contributed by atoms with Crippen LogP contribution >= 0.6 is 0 Å². The molecule has 0 bridgehead atoms. The summed E-state index contributed by atoms with van der Waals surface area (Å²) in [5.41, 5.74) is 2.25. The Labute approximate surface area is 144 Å². The van der Waals surface area contributed by atoms with Crippen molar-refractivity contribution in [2.75, 3.05) is 39.3 Å². The van der Waals surface area contributed by atoms with Crippen molar-refractivity contribution in [3.8, 4) is 0 Å². The number of carbonyl (C=O) groups excluding carboxylic acids is 1. The van der Waals surface area contributed by atoms with Crippen LogP contribution in [0, 0.1) is 0 Å². The molecule has 6 nitrogen and oxygen atoms in total. The number of piperidine rings is 1. The highest BCUT2D eigenvalue weighted by atomic mass is 16.2. The molecule has 24 heavy (non-hydrogen) atoms. The van der Waals surface area contributed by atoms with Crippen LogP contribution in [0.1, 0.15) is 49.7 Å². The summed E-state index contributed by atoms with van der Waals surface area (Å²) >= 11 is 0. The van der Waals surface area contributed by atoms with Crippen LogP contribution in [-0.2, 0) is 17.8 Å². The largest absolute Gasteiger partial charge is 0.337 e. The van der Waals surface area contributed by atoms with Crippen molar-refractivity contribution in [1.82, 2.24) is 25.1 Å². The van der Waals surface area contributed by atoms with Crippen molar-refractivity contribution < 1.29 is 4.79 Å². The molecule has 2 aliphatic heterocycles. The number of nitrogens with zero attached hydrogens (tertiary/aromatic N) is 4. The molecule has 1 N–H and O–H groups in total. The highest BCUT2D eigenvalue weighted by Crippen LogP contribution is 2.23. The molecule has 1 amide bonds. The first-order chi connectivity index (χ1) is 11.7. The van der Waals surface area contributed by atoms with Gasteiger partial charge in [0.05, 0.1) is 12.2 Å². The van der Waals surface area contributed by atoms with E-state index < -0.39 is 0 Å². The molecule has 6 heteroatoms. The summed E-state index contributed by atoms with van der Waals surface area (Å²) in [7, 11) is 0. The number of aromatic nitrogens is 2. The Morgan fingerprint density at radius 1 is 1.42 bits per heavy atom. The molecule has 132 valence electrons. The number of nitrogens with one attached hydrogen (secondary N) is 1. The van der Waals surface area contributed by atoms with E-state index in [1.54, 1.807) is 0 Å². The van der Waals surface area contributed by atoms with E-state index >= 15 is 0 Å². The maximum Gasteiger partial charge on any atom is 0.237 e. The van der Waals surface area contributed by atoms with Gasteiger partial charge in [-0.25, -0.2) is 9.97 Å². The summed E-state index contributed by atoms with van der Waals surface area (Å²) in [5.74, 6) is 1.63. The minimum atomic E-state index is 0.213. The second kappa shape index (κ2) is 8.03. The molecule has 1 fully saturated rings. The number of likely N-dealkylation sites (N-methyl/N-ethyl adjacent to an activating group) is 1. The Kier molecular flexibility index (Phi) is 5.79. The summed E-state index contributed by atoms with van der Waals surface area (Å²) in [6.45, 7) is 10.0. The fourth-order valence-corrected chi connectivity index (χ4v) is 3.55. The third kappa shape index (κ3) is 3.92. The molecule has 1 aromatic heterocycles. The van der Waals surface area contributed by atoms with Crippen molar-refractivity contribution in [2.24, 2.45) is 0 Å². The number of hydrogen-bond donors (Lipinski definition) is 1. The molecule has 1 saturated heterocycles. The Hall–Kier alpha value is -1.53. The Bertz CT molecular complexity index is 567. The molecular weight excluding hydrogens is 302 g/mol. The smallest absolute Gasteiger partial charge is 0.237 e. The van der Waals surface area contributed by atoms with Gasteiger partial charge < -0.3 is 10.2 Å². The lowest BCUT2D eigenvalue weighted by molar-refractivity contribution is -0.133. The standard InChI is InChI=1S/C18H29N5O/c1-3-22(4-2)13-17(24)23-9-7-16-15(12-23)11-20-18(21-16)14-6-5-8-19-10-14/h11,14,19H,3-10,12-13H2,1-2H3/t14-/m1/s1. The van der Waals surface area contributed by atoms with Crippen molar-refractivity contribution in [3.63, 3.8) is 0 Å². The normalized spacial score (nSPS) is 21.0. The summed E-state index contributed by atoms with van der Waals surface area (Å²) in [5, 5.41) is 3.43. The first-order valence-electron chi connectivity index (χ1n) is 9.26. The van der Waals surface area contributed by atoms with Gasteiger partial charge in [0.1, 0.15) is 5.82 Å². The quantitative estimate of drug-likeness (QED) is 0.878. The summed E-state index contributed by atoms with van der Waals surface area (Å²) in [4.78, 5) is 26.0. The van der Waals surface area contributed by atoms with Gasteiger partial charge in [0, 0.05) is 43.7 Å². The first-order valence-corrected chi connectivity index (χ1v) is 9.26. The van der Waals surface area contributed by atoms with Gasteiger partial charge in [-0.05, 0) is 32.5 Å². The van der Waals surface area contributed by atoms with E-state index in [-0.39, 0.29) is 5.91 Å². The van der Waals surface area contributed by atoms with Crippen LogP contribution in [0.4, 0.5) is 0 Å². The van der Waals surface area contributed by atoms with Crippen molar-refractivity contribution in [1.29, 1.82) is 0 Å². The summed E-state index contributed by atoms with van der Waals surface area (Å²) in [6, 6.07) is 0. The second-order valence-corrected chi connectivity index (χ2v) is 6.77. The van der Waals surface area contributed by atoms with Gasteiger partial charge in [0.2, 0.25) is 5.91 Å². The maximum atomic E-state index is 12.5. The fraction of sp³-hybridized carbons (Fsp3) is 0.722. The third-order valence-electron chi connectivity index (χ3n) is 5.22. The molecule has 1 aromatic rings. The zero-order valence-corrected chi connectivity index (χ0v) is 14.9. The van der Waals surface area contributed by atoms with Gasteiger partial charge in [-0.2, -0.15) is 0 Å². The minimum absolute atomic E-state index is 0.213. The molecule has 0 unspecified atom stereocenters. The molecule has 3 heterocycles. The number of amides is 1. The average Bonchev–Trinajstić information content (AvgIpc) is 2.65. The Morgan fingerprint density at radius 2 is 2.25 bits per heavy atom. The van der Waals surface area contributed by atoms with Gasteiger partial charge in [-0.3, -0.25) is 9.69 Å². The van der Waals surface area contributed by atoms with Crippen LogP contribution in [0.15, 0.2) is 6.20 Å². The van der Waals surface area contributed by atoms with E-state index in [1.165, 1.54) is 12.8 Å². The van der Waals surface area contributed by atoms with Crippen LogP contribution in [0.3, 0.4) is 0 Å². The maximum absolute atomic E-state index is 12.5. The fourth-order valence-electron chi connectivity index (χ4n) is 3.55. The van der Waals surface area contributed by atoms with Crippen LogP contribution < -0.4 is 5.32 Å². The van der Waals surface area contributed by atoms with Crippen LogP contribution in [0.2, 0.25) is 0 Å². The summed E-state index contributed by atoms with van der Waals surface area (Å²) in [6.07, 6.45) is 5.15. The molecule has 0 aromatic carbocycles. The van der Waals surface area contributed by atoms with E-state index in [2.05, 4.69) is 29.0 Å². The topological polar surface area (TPSA) is 61.4 Å². The zero-order valence-electron chi connectivity index (χ0n) is 14.9. The Balaban J connectivity index is 1.64. The van der Waals surface area contributed by atoms with E-state index in [9.17, 15) is 4.79 Å². The van der Waals surface area contributed by atoms with Crippen molar-refractivity contribution in [3.05, 3.63) is 23.3 Å². The number of rotatable bonds is 5. The first kappa shape index (κ1) is 17.3. The predicted octanol–water partition coefficient (Wildman–Crippen LogP) is 1.17. The predicted molar refractivity (Wildman–Crippen MR) is 93.8 cm³/mol. The van der Waals surface area contributed by atoms with Crippen LogP contribution in [-0.4, -0.2) is 64.9 Å². The molecule has 0 spiro atoms. The van der Waals surface area contributed by atoms with Crippen LogP contribution in [0.25, 0.3) is 0 Å². The monoisotopic (exact) mass is 331 g/mol. The average molecular weight is 331 g/mol. The lowest BCUT2D eigenvalue weighted by Gasteiger charge is -2.31. The van der Waals surface area contributed by atoms with Gasteiger partial charge >= 0.3 is 0 Å². The van der Waals surface area contributed by atoms with Gasteiger partial charge in [0.25, 0.3) is 0 Å². The van der Waals surface area contributed by atoms with E-state index in [0.29, 0.717) is 19.0 Å². The lowest BCUT2D eigenvalue weighted by Crippen LogP contribution is -2.43. The summed E-state index contributed by atoms with van der Waals surface area (Å²) < 4.78 is 0. The highest BCUT2D eigenvalue weighted by molar-refractivity contribution is 5.78. The lowest BCUT2D eigenvalue weighted by atomic mass is 9.98. The van der Waals surface area contributed by atoms with E-state index in [0.717, 1.165) is 56.2 Å². The molecular formula is C18H29N5O. The molecule has 1 atom stereocenters. The third-order valence-corrected chi connectivity index (χ3v) is 5.22. The van der Waals surface area contributed by atoms with Gasteiger partial charge in [0.15, 0.2) is 0 Å².